The second kappa shape index (κ2) is 6.91. The maximum atomic E-state index is 13.8. The number of nitrogens with zero attached hydrogens (tertiary/aromatic N) is 2. The van der Waals surface area contributed by atoms with Gasteiger partial charge in [0.2, 0.25) is 12.3 Å². The van der Waals surface area contributed by atoms with Gasteiger partial charge in [-0.1, -0.05) is 12.1 Å². The van der Waals surface area contributed by atoms with Crippen LogP contribution in [-0.2, 0) is 0 Å². The molecule has 0 atom stereocenters. The summed E-state index contributed by atoms with van der Waals surface area (Å²) in [5, 5.41) is 7.38. The van der Waals surface area contributed by atoms with Gasteiger partial charge in [0.05, 0.1) is 6.61 Å². The predicted molar refractivity (Wildman–Crippen MR) is 82.3 cm³/mol. The van der Waals surface area contributed by atoms with Crippen LogP contribution in [0.5, 0.6) is 11.5 Å². The molecule has 0 spiro atoms. The average molecular weight is 328 g/mol. The Morgan fingerprint density at radius 1 is 1.25 bits per heavy atom. The fourth-order valence-electron chi connectivity index (χ4n) is 2.11. The number of halogens is 1. The SMILES string of the molecule is CCOc1c(F)cccc1C(=O)Oc1cccc(-c2nnco2)c1. The molecule has 3 rings (SSSR count). The Bertz CT molecular complexity index is 850. The summed E-state index contributed by atoms with van der Waals surface area (Å²) in [4.78, 5) is 12.3. The first-order chi connectivity index (χ1) is 11.7. The molecule has 0 saturated carbocycles. The summed E-state index contributed by atoms with van der Waals surface area (Å²) in [5.41, 5.74) is 0.613. The maximum Gasteiger partial charge on any atom is 0.347 e. The summed E-state index contributed by atoms with van der Waals surface area (Å²) in [5.74, 6) is -0.902. The van der Waals surface area contributed by atoms with Crippen LogP contribution >= 0.6 is 0 Å². The van der Waals surface area contributed by atoms with Crippen LogP contribution < -0.4 is 9.47 Å². The van der Waals surface area contributed by atoms with Gasteiger partial charge in [-0.25, -0.2) is 9.18 Å². The van der Waals surface area contributed by atoms with Gasteiger partial charge in [0, 0.05) is 5.56 Å². The molecule has 7 heteroatoms. The van der Waals surface area contributed by atoms with E-state index in [-0.39, 0.29) is 23.7 Å². The predicted octanol–water partition coefficient (Wildman–Crippen LogP) is 3.49. The highest BCUT2D eigenvalue weighted by Gasteiger charge is 2.18. The molecular weight excluding hydrogens is 315 g/mol. The maximum absolute atomic E-state index is 13.8. The van der Waals surface area contributed by atoms with Gasteiger partial charge in [-0.3, -0.25) is 0 Å². The van der Waals surface area contributed by atoms with Gasteiger partial charge in [0.1, 0.15) is 11.3 Å². The first-order valence-corrected chi connectivity index (χ1v) is 7.19. The van der Waals surface area contributed by atoms with Crippen molar-refractivity contribution in [3.8, 4) is 23.0 Å². The molecular formula is C17H13FN2O4. The van der Waals surface area contributed by atoms with E-state index in [9.17, 15) is 9.18 Å². The van der Waals surface area contributed by atoms with E-state index in [2.05, 4.69) is 10.2 Å². The van der Waals surface area contributed by atoms with Crippen molar-refractivity contribution < 1.29 is 23.1 Å². The van der Waals surface area contributed by atoms with Gasteiger partial charge in [-0.2, -0.15) is 0 Å². The largest absolute Gasteiger partial charge is 0.490 e. The van der Waals surface area contributed by atoms with Crippen LogP contribution in [0.2, 0.25) is 0 Å². The van der Waals surface area contributed by atoms with Crippen molar-refractivity contribution in [3.63, 3.8) is 0 Å². The minimum atomic E-state index is -0.722. The zero-order valence-corrected chi connectivity index (χ0v) is 12.7. The van der Waals surface area contributed by atoms with E-state index in [0.717, 1.165) is 0 Å². The summed E-state index contributed by atoms with van der Waals surface area (Å²) in [6.07, 6.45) is 1.20. The summed E-state index contributed by atoms with van der Waals surface area (Å²) in [6, 6.07) is 10.7. The van der Waals surface area contributed by atoms with Crippen molar-refractivity contribution in [2.45, 2.75) is 6.92 Å². The second-order valence-corrected chi connectivity index (χ2v) is 4.71. The highest BCUT2D eigenvalue weighted by atomic mass is 19.1. The Kier molecular flexibility index (Phi) is 4.51. The number of aromatic nitrogens is 2. The third-order valence-electron chi connectivity index (χ3n) is 3.13. The molecule has 0 unspecified atom stereocenters. The van der Waals surface area contributed by atoms with E-state index in [1.54, 1.807) is 31.2 Å². The lowest BCUT2D eigenvalue weighted by atomic mass is 10.2. The molecule has 0 fully saturated rings. The topological polar surface area (TPSA) is 74.5 Å². The van der Waals surface area contributed by atoms with Crippen molar-refractivity contribution in [3.05, 3.63) is 60.2 Å². The van der Waals surface area contributed by atoms with Crippen molar-refractivity contribution in [1.29, 1.82) is 0 Å². The molecule has 0 aliphatic heterocycles. The Labute approximate surface area is 136 Å². The Morgan fingerprint density at radius 3 is 2.83 bits per heavy atom. The first kappa shape index (κ1) is 15.7. The lowest BCUT2D eigenvalue weighted by molar-refractivity contribution is 0.0729. The highest BCUT2D eigenvalue weighted by molar-refractivity contribution is 5.94. The molecule has 0 aliphatic rings. The molecule has 6 nitrogen and oxygen atoms in total. The number of carbonyl (C=O) groups is 1. The molecule has 0 N–H and O–H groups in total. The van der Waals surface area contributed by atoms with Gasteiger partial charge >= 0.3 is 5.97 Å². The van der Waals surface area contributed by atoms with Crippen LogP contribution in [0.3, 0.4) is 0 Å². The molecule has 2 aromatic carbocycles. The first-order valence-electron chi connectivity index (χ1n) is 7.19. The molecule has 1 aromatic heterocycles. The molecule has 1 heterocycles. The van der Waals surface area contributed by atoms with Crippen LogP contribution in [0.4, 0.5) is 4.39 Å². The number of benzene rings is 2. The molecule has 3 aromatic rings. The van der Waals surface area contributed by atoms with Crippen LogP contribution in [0.25, 0.3) is 11.5 Å². The number of hydrogen-bond donors (Lipinski definition) is 0. The smallest absolute Gasteiger partial charge is 0.347 e. The van der Waals surface area contributed by atoms with Gasteiger partial charge in [-0.05, 0) is 37.3 Å². The van der Waals surface area contributed by atoms with Crippen molar-refractivity contribution >= 4 is 5.97 Å². The van der Waals surface area contributed by atoms with E-state index < -0.39 is 11.8 Å². The van der Waals surface area contributed by atoms with Crippen LogP contribution in [0.15, 0.2) is 53.3 Å². The zero-order valence-electron chi connectivity index (χ0n) is 12.7. The molecule has 0 bridgehead atoms. The van der Waals surface area contributed by atoms with Crippen molar-refractivity contribution in [2.75, 3.05) is 6.61 Å². The Hall–Kier alpha value is -3.22. The molecule has 0 amide bonds. The quantitative estimate of drug-likeness (QED) is 0.527. The van der Waals surface area contributed by atoms with Crippen LogP contribution in [0.1, 0.15) is 17.3 Å². The standard InChI is InChI=1S/C17H13FN2O4/c1-2-22-15-13(7-4-8-14(15)18)17(21)24-12-6-3-5-11(9-12)16-20-19-10-23-16/h3-10H,2H2,1H3. The number of ether oxygens (including phenoxy) is 2. The summed E-state index contributed by atoms with van der Waals surface area (Å²) >= 11 is 0. The molecule has 122 valence electrons. The second-order valence-electron chi connectivity index (χ2n) is 4.71. The van der Waals surface area contributed by atoms with E-state index in [0.29, 0.717) is 11.5 Å². The third-order valence-corrected chi connectivity index (χ3v) is 3.13. The van der Waals surface area contributed by atoms with Gasteiger partial charge in [0.15, 0.2) is 11.6 Å². The van der Waals surface area contributed by atoms with E-state index in [1.807, 2.05) is 0 Å². The minimum absolute atomic E-state index is 0.0139. The third kappa shape index (κ3) is 3.24. The Balaban J connectivity index is 1.86. The summed E-state index contributed by atoms with van der Waals surface area (Å²) in [7, 11) is 0. The van der Waals surface area contributed by atoms with Gasteiger partial charge in [-0.15, -0.1) is 10.2 Å². The fraction of sp³-hybridized carbons (Fsp3) is 0.118. The van der Waals surface area contributed by atoms with E-state index >= 15 is 0 Å². The lowest BCUT2D eigenvalue weighted by Crippen LogP contribution is -2.12. The number of para-hydroxylation sites is 1. The van der Waals surface area contributed by atoms with Crippen LogP contribution in [0, 0.1) is 5.82 Å². The molecule has 24 heavy (non-hydrogen) atoms. The highest BCUT2D eigenvalue weighted by Crippen LogP contribution is 2.26. The molecule has 0 saturated heterocycles. The number of esters is 1. The molecule has 0 radical (unpaired) electrons. The molecule has 0 aliphatic carbocycles. The number of rotatable bonds is 5. The Morgan fingerprint density at radius 2 is 2.08 bits per heavy atom. The minimum Gasteiger partial charge on any atom is -0.490 e. The van der Waals surface area contributed by atoms with Crippen molar-refractivity contribution in [2.24, 2.45) is 0 Å². The van der Waals surface area contributed by atoms with Crippen LogP contribution in [-0.4, -0.2) is 22.8 Å². The van der Waals surface area contributed by atoms with Gasteiger partial charge in [0.25, 0.3) is 0 Å². The normalized spacial score (nSPS) is 10.4. The van der Waals surface area contributed by atoms with Crippen molar-refractivity contribution in [1.82, 2.24) is 10.2 Å². The zero-order chi connectivity index (χ0) is 16.9. The monoisotopic (exact) mass is 328 g/mol. The van der Waals surface area contributed by atoms with E-state index in [1.165, 1.54) is 24.6 Å². The average Bonchev–Trinajstić information content (AvgIpc) is 3.11. The van der Waals surface area contributed by atoms with Gasteiger partial charge < -0.3 is 13.9 Å². The fourth-order valence-corrected chi connectivity index (χ4v) is 2.11. The summed E-state index contributed by atoms with van der Waals surface area (Å²) < 4.78 is 29.4. The summed E-state index contributed by atoms with van der Waals surface area (Å²) in [6.45, 7) is 1.93. The lowest BCUT2D eigenvalue weighted by Gasteiger charge is -2.11. The van der Waals surface area contributed by atoms with E-state index in [4.69, 9.17) is 13.9 Å². The number of carbonyl (C=O) groups excluding carboxylic acids is 1. The number of hydrogen-bond acceptors (Lipinski definition) is 6.